The molecule has 0 aromatic heterocycles. The number of nitriles is 1. The fraction of sp³-hybridized carbons (Fsp3) is 0.667. The monoisotopic (exact) mass is 431 g/mol. The van der Waals surface area contributed by atoms with Crippen molar-refractivity contribution in [3.05, 3.63) is 47.0 Å². The zero-order chi connectivity index (χ0) is 22.1. The smallest absolute Gasteiger partial charge is 0.144 e. The van der Waals surface area contributed by atoms with Crippen molar-refractivity contribution < 1.29 is 13.2 Å². The average Bonchev–Trinajstić information content (AvgIpc) is 2.78. The number of benzene rings is 1. The number of unbranched alkanes of at least 4 members (excludes halogenated alkanes) is 2. The molecule has 0 atom stereocenters. The molecule has 2 saturated carbocycles. The van der Waals surface area contributed by atoms with Gasteiger partial charge in [0.1, 0.15) is 23.3 Å². The Bertz CT molecular complexity index is 727. The molecule has 0 radical (unpaired) electrons. The van der Waals surface area contributed by atoms with E-state index in [1.165, 1.54) is 50.7 Å². The lowest BCUT2D eigenvalue weighted by atomic mass is 9.74. The molecular formula is C27H36F3N. The maximum absolute atomic E-state index is 13.9. The first kappa shape index (κ1) is 23.9. The zero-order valence-corrected chi connectivity index (χ0v) is 18.6. The van der Waals surface area contributed by atoms with Crippen LogP contribution in [-0.2, 0) is 0 Å². The third-order valence-electron chi connectivity index (χ3n) is 7.53. The van der Waals surface area contributed by atoms with Gasteiger partial charge in [0, 0.05) is 0 Å². The normalized spacial score (nSPS) is 26.8. The summed E-state index contributed by atoms with van der Waals surface area (Å²) in [4.78, 5) is 0. The number of nitrogens with zero attached hydrogens (tertiary/aromatic N) is 1. The van der Waals surface area contributed by atoms with Gasteiger partial charge in [0.25, 0.3) is 0 Å². The molecule has 170 valence electrons. The van der Waals surface area contributed by atoms with Gasteiger partial charge in [-0.1, -0.05) is 25.0 Å². The number of alkyl halides is 1. The van der Waals surface area contributed by atoms with Crippen LogP contribution in [0.15, 0.2) is 24.3 Å². The van der Waals surface area contributed by atoms with Crippen LogP contribution in [0, 0.1) is 40.7 Å². The van der Waals surface area contributed by atoms with E-state index in [2.05, 4.69) is 12.2 Å². The number of halogens is 3. The van der Waals surface area contributed by atoms with Crippen molar-refractivity contribution in [3.63, 3.8) is 0 Å². The summed E-state index contributed by atoms with van der Waals surface area (Å²) in [7, 11) is 0. The minimum atomic E-state index is -0.732. The van der Waals surface area contributed by atoms with Gasteiger partial charge in [-0.3, -0.25) is 4.39 Å². The van der Waals surface area contributed by atoms with Crippen molar-refractivity contribution in [2.75, 3.05) is 6.67 Å². The van der Waals surface area contributed by atoms with Crippen LogP contribution >= 0.6 is 0 Å². The summed E-state index contributed by atoms with van der Waals surface area (Å²) < 4.78 is 40.0. The third kappa shape index (κ3) is 7.13. The minimum absolute atomic E-state index is 0.201. The van der Waals surface area contributed by atoms with E-state index in [0.717, 1.165) is 50.4 Å². The van der Waals surface area contributed by atoms with Gasteiger partial charge in [0.2, 0.25) is 0 Å². The molecule has 2 aliphatic carbocycles. The SMILES string of the molecule is N#Cc1c(F)cc(C2CCC(CCC3CCC(/C=C/CCCCF)CC3)CC2)cc1F. The maximum Gasteiger partial charge on any atom is 0.144 e. The second-order valence-electron chi connectivity index (χ2n) is 9.66. The standard InChI is InChI=1S/C27H36F3N/c28-16-4-2-1-3-5-20-6-8-21(9-7-20)10-11-22-12-14-23(15-13-22)24-17-26(29)25(19-31)27(30)18-24/h3,5,17-18,20-23H,1-2,4,6-16H2/b5-3+. The Morgan fingerprint density at radius 3 is 2.00 bits per heavy atom. The van der Waals surface area contributed by atoms with Crippen LogP contribution in [0.3, 0.4) is 0 Å². The first-order valence-corrected chi connectivity index (χ1v) is 12.2. The molecule has 31 heavy (non-hydrogen) atoms. The largest absolute Gasteiger partial charge is 0.251 e. The van der Waals surface area contributed by atoms with Crippen molar-refractivity contribution in [2.45, 2.75) is 89.4 Å². The summed E-state index contributed by atoms with van der Waals surface area (Å²) in [6.45, 7) is -0.201. The summed E-state index contributed by atoms with van der Waals surface area (Å²) >= 11 is 0. The quantitative estimate of drug-likeness (QED) is 0.284. The van der Waals surface area contributed by atoms with Gasteiger partial charge >= 0.3 is 0 Å². The predicted molar refractivity (Wildman–Crippen MR) is 119 cm³/mol. The molecule has 0 spiro atoms. The van der Waals surface area contributed by atoms with E-state index in [9.17, 15) is 13.2 Å². The lowest BCUT2D eigenvalue weighted by molar-refractivity contribution is 0.246. The van der Waals surface area contributed by atoms with Crippen LogP contribution in [0.2, 0.25) is 0 Å². The van der Waals surface area contributed by atoms with Gasteiger partial charge in [0.15, 0.2) is 0 Å². The third-order valence-corrected chi connectivity index (χ3v) is 7.53. The van der Waals surface area contributed by atoms with Crippen LogP contribution in [0.25, 0.3) is 0 Å². The number of rotatable bonds is 9. The van der Waals surface area contributed by atoms with E-state index in [1.807, 2.05) is 0 Å². The summed E-state index contributed by atoms with van der Waals surface area (Å²) in [6, 6.07) is 4.33. The summed E-state index contributed by atoms with van der Waals surface area (Å²) in [6.07, 6.45) is 19.3. The number of hydrogen-bond acceptors (Lipinski definition) is 1. The molecule has 0 bridgehead atoms. The van der Waals surface area contributed by atoms with Crippen LogP contribution in [0.4, 0.5) is 13.2 Å². The maximum atomic E-state index is 13.9. The van der Waals surface area contributed by atoms with Crippen LogP contribution in [-0.4, -0.2) is 6.67 Å². The van der Waals surface area contributed by atoms with Crippen LogP contribution < -0.4 is 0 Å². The Hall–Kier alpha value is -1.76. The zero-order valence-electron chi connectivity index (χ0n) is 18.6. The Kier molecular flexibility index (Phi) is 9.50. The minimum Gasteiger partial charge on any atom is -0.251 e. The Balaban J connectivity index is 1.35. The topological polar surface area (TPSA) is 23.8 Å². The van der Waals surface area contributed by atoms with Gasteiger partial charge in [-0.2, -0.15) is 5.26 Å². The molecule has 2 aliphatic rings. The Morgan fingerprint density at radius 1 is 0.871 bits per heavy atom. The lowest BCUT2D eigenvalue weighted by Gasteiger charge is -2.31. The fourth-order valence-electron chi connectivity index (χ4n) is 5.51. The molecular weight excluding hydrogens is 395 g/mol. The van der Waals surface area contributed by atoms with Gasteiger partial charge in [-0.05, 0) is 112 Å². The van der Waals surface area contributed by atoms with E-state index in [0.29, 0.717) is 17.9 Å². The molecule has 3 rings (SSSR count). The highest BCUT2D eigenvalue weighted by Gasteiger charge is 2.26. The van der Waals surface area contributed by atoms with E-state index in [-0.39, 0.29) is 12.6 Å². The van der Waals surface area contributed by atoms with Gasteiger partial charge in [-0.25, -0.2) is 8.78 Å². The van der Waals surface area contributed by atoms with Gasteiger partial charge in [-0.15, -0.1) is 0 Å². The molecule has 1 aromatic rings. The Morgan fingerprint density at radius 2 is 1.45 bits per heavy atom. The average molecular weight is 432 g/mol. The number of allylic oxidation sites excluding steroid dienone is 2. The molecule has 1 nitrogen and oxygen atoms in total. The first-order chi connectivity index (χ1) is 15.1. The lowest BCUT2D eigenvalue weighted by Crippen LogP contribution is -2.17. The molecule has 0 unspecified atom stereocenters. The predicted octanol–water partition coefficient (Wildman–Crippen LogP) is 8.39. The van der Waals surface area contributed by atoms with Crippen molar-refractivity contribution in [3.8, 4) is 6.07 Å². The van der Waals surface area contributed by atoms with Crippen LogP contribution in [0.1, 0.15) is 101 Å². The molecule has 0 saturated heterocycles. The molecule has 0 aliphatic heterocycles. The summed E-state index contributed by atoms with van der Waals surface area (Å²) in [5, 5.41) is 8.84. The van der Waals surface area contributed by atoms with Crippen molar-refractivity contribution >= 4 is 0 Å². The molecule has 0 amide bonds. The van der Waals surface area contributed by atoms with Gasteiger partial charge in [0.05, 0.1) is 6.67 Å². The molecule has 2 fully saturated rings. The second kappa shape index (κ2) is 12.3. The molecule has 0 N–H and O–H groups in total. The summed E-state index contributed by atoms with van der Waals surface area (Å²) in [5.41, 5.74) is 0.239. The fourth-order valence-corrected chi connectivity index (χ4v) is 5.51. The molecule has 4 heteroatoms. The highest BCUT2D eigenvalue weighted by molar-refractivity contribution is 5.36. The highest BCUT2D eigenvalue weighted by atomic mass is 19.1. The van der Waals surface area contributed by atoms with E-state index in [1.54, 1.807) is 6.07 Å². The van der Waals surface area contributed by atoms with E-state index in [4.69, 9.17) is 5.26 Å². The van der Waals surface area contributed by atoms with E-state index >= 15 is 0 Å². The number of hydrogen-bond donors (Lipinski definition) is 0. The summed E-state index contributed by atoms with van der Waals surface area (Å²) in [5.74, 6) is 1.04. The van der Waals surface area contributed by atoms with Crippen LogP contribution in [0.5, 0.6) is 0 Å². The van der Waals surface area contributed by atoms with Crippen molar-refractivity contribution in [2.24, 2.45) is 17.8 Å². The molecule has 1 aromatic carbocycles. The van der Waals surface area contributed by atoms with E-state index < -0.39 is 17.2 Å². The van der Waals surface area contributed by atoms with Gasteiger partial charge < -0.3 is 0 Å². The molecule has 0 heterocycles. The van der Waals surface area contributed by atoms with Crippen molar-refractivity contribution in [1.82, 2.24) is 0 Å². The first-order valence-electron chi connectivity index (χ1n) is 12.2. The Labute approximate surface area is 185 Å². The highest BCUT2D eigenvalue weighted by Crippen LogP contribution is 2.40. The van der Waals surface area contributed by atoms with Crippen molar-refractivity contribution in [1.29, 1.82) is 5.26 Å². The second-order valence-corrected chi connectivity index (χ2v) is 9.66.